The van der Waals surface area contributed by atoms with Crippen LogP contribution in [0.3, 0.4) is 0 Å². The molecule has 1 heterocycles. The molecule has 1 saturated heterocycles. The number of nitrogens with one attached hydrogen (secondary N) is 1. The summed E-state index contributed by atoms with van der Waals surface area (Å²) in [6.45, 7) is 3.75. The number of ether oxygens (including phenoxy) is 1. The maximum atomic E-state index is 12.3. The molecule has 0 saturated carbocycles. The number of hydrogen-bond donors (Lipinski definition) is 1. The van der Waals surface area contributed by atoms with Gasteiger partial charge in [-0.1, -0.05) is 66.4 Å². The zero-order chi connectivity index (χ0) is 20.5. The monoisotopic (exact) mass is 399 g/mol. The molecular weight excluding hydrogens is 374 g/mol. The maximum Gasteiger partial charge on any atom is 0.140 e. The van der Waals surface area contributed by atoms with Crippen molar-refractivity contribution in [2.24, 2.45) is 5.10 Å². The molecule has 30 heavy (non-hydrogen) atoms. The zero-order valence-corrected chi connectivity index (χ0v) is 17.0. The second-order valence-electron chi connectivity index (χ2n) is 7.84. The second-order valence-corrected chi connectivity index (χ2v) is 7.84. The van der Waals surface area contributed by atoms with E-state index in [1.807, 2.05) is 6.07 Å². The van der Waals surface area contributed by atoms with E-state index in [9.17, 15) is 5.11 Å². The standard InChI is InChI=1S/C25H25N3O2/c1-30-23-12-6-7-18(25(23)29)17-26-28-15-13-27(14-16-28)24-21-10-4-2-8-19(21)20-9-3-5-11-22(20)24/h2-12,17,24,29H,13-16H2,1H3. The summed E-state index contributed by atoms with van der Waals surface area (Å²) in [7, 11) is 1.51. The van der Waals surface area contributed by atoms with Crippen molar-refractivity contribution in [3.05, 3.63) is 83.4 Å². The molecule has 1 fully saturated rings. The smallest absolute Gasteiger partial charge is 0.140 e. The number of piperazine rings is 1. The minimum Gasteiger partial charge on any atom is -0.870 e. The number of rotatable bonds is 4. The van der Waals surface area contributed by atoms with E-state index in [-0.39, 0.29) is 5.75 Å². The highest BCUT2D eigenvalue weighted by Crippen LogP contribution is 2.41. The van der Waals surface area contributed by atoms with Crippen molar-refractivity contribution in [3.63, 3.8) is 0 Å². The van der Waals surface area contributed by atoms with Crippen molar-refractivity contribution in [2.45, 2.75) is 6.04 Å². The molecule has 2 aliphatic rings. The first kappa shape index (κ1) is 18.7. The number of quaternary nitrogens is 1. The predicted octanol–water partition coefficient (Wildman–Crippen LogP) is 2.07. The van der Waals surface area contributed by atoms with E-state index < -0.39 is 0 Å². The number of hydrogen-bond acceptors (Lipinski definition) is 4. The quantitative estimate of drug-likeness (QED) is 0.684. The molecule has 0 radical (unpaired) electrons. The van der Waals surface area contributed by atoms with E-state index in [0.29, 0.717) is 17.4 Å². The average Bonchev–Trinajstić information content (AvgIpc) is 3.13. The van der Waals surface area contributed by atoms with Crippen LogP contribution in [0.5, 0.6) is 11.5 Å². The minimum absolute atomic E-state index is 0.118. The van der Waals surface area contributed by atoms with Crippen LogP contribution in [0.2, 0.25) is 0 Å². The first-order chi connectivity index (χ1) is 14.8. The van der Waals surface area contributed by atoms with Gasteiger partial charge in [-0.25, -0.2) is 0 Å². The van der Waals surface area contributed by atoms with Crippen molar-refractivity contribution in [1.82, 2.24) is 5.01 Å². The molecule has 3 aromatic carbocycles. The Morgan fingerprint density at radius 2 is 1.57 bits per heavy atom. The average molecular weight is 399 g/mol. The first-order valence-corrected chi connectivity index (χ1v) is 10.4. The summed E-state index contributed by atoms with van der Waals surface area (Å²) in [5.41, 5.74) is 6.15. The number of methoxy groups -OCH3 is 1. The third-order valence-electron chi connectivity index (χ3n) is 6.21. The highest BCUT2D eigenvalue weighted by Gasteiger charge is 2.37. The van der Waals surface area contributed by atoms with Crippen LogP contribution < -0.4 is 14.7 Å². The number of para-hydroxylation sites is 1. The van der Waals surface area contributed by atoms with Gasteiger partial charge >= 0.3 is 0 Å². The van der Waals surface area contributed by atoms with Crippen LogP contribution in [-0.4, -0.2) is 44.5 Å². The fourth-order valence-corrected chi connectivity index (χ4v) is 4.72. The lowest BCUT2D eigenvalue weighted by Crippen LogP contribution is -3.14. The van der Waals surface area contributed by atoms with E-state index in [2.05, 4.69) is 58.6 Å². The van der Waals surface area contributed by atoms with Crippen LogP contribution in [0, 0.1) is 0 Å². The van der Waals surface area contributed by atoms with Crippen LogP contribution in [-0.2, 0) is 0 Å². The maximum absolute atomic E-state index is 12.3. The van der Waals surface area contributed by atoms with Gasteiger partial charge in [0.25, 0.3) is 0 Å². The number of fused-ring (bicyclic) bond motifs is 3. The summed E-state index contributed by atoms with van der Waals surface area (Å²) in [6.07, 6.45) is 1.66. The van der Waals surface area contributed by atoms with E-state index in [1.54, 1.807) is 23.2 Å². The molecule has 1 aliphatic carbocycles. The summed E-state index contributed by atoms with van der Waals surface area (Å²) in [4.78, 5) is 1.57. The minimum atomic E-state index is -0.118. The molecule has 1 aliphatic heterocycles. The lowest BCUT2D eigenvalue weighted by atomic mass is 10.0. The normalized spacial score (nSPS) is 16.6. The molecule has 3 aromatic rings. The molecule has 5 heteroatoms. The van der Waals surface area contributed by atoms with Gasteiger partial charge < -0.3 is 14.7 Å². The van der Waals surface area contributed by atoms with Crippen molar-refractivity contribution in [3.8, 4) is 22.6 Å². The van der Waals surface area contributed by atoms with Crippen molar-refractivity contribution in [1.29, 1.82) is 0 Å². The molecule has 152 valence electrons. The van der Waals surface area contributed by atoms with Gasteiger partial charge in [0, 0.05) is 11.1 Å². The first-order valence-electron chi connectivity index (χ1n) is 10.4. The molecule has 5 rings (SSSR count). The number of hydrazone groups is 1. The van der Waals surface area contributed by atoms with Crippen LogP contribution in [0.4, 0.5) is 0 Å². The summed E-state index contributed by atoms with van der Waals surface area (Å²) in [6, 6.07) is 23.2. The van der Waals surface area contributed by atoms with Gasteiger partial charge in [0.1, 0.15) is 11.8 Å². The summed E-state index contributed by atoms with van der Waals surface area (Å²) in [5, 5.41) is 18.9. The Hall–Kier alpha value is -3.31. The third-order valence-corrected chi connectivity index (χ3v) is 6.21. The molecule has 0 amide bonds. The Kier molecular flexibility index (Phi) is 4.89. The van der Waals surface area contributed by atoms with E-state index in [4.69, 9.17) is 4.74 Å². The Morgan fingerprint density at radius 1 is 0.933 bits per heavy atom. The molecule has 1 N–H and O–H groups in total. The Morgan fingerprint density at radius 3 is 2.20 bits per heavy atom. The van der Waals surface area contributed by atoms with Gasteiger partial charge in [-0.2, -0.15) is 5.10 Å². The van der Waals surface area contributed by atoms with Crippen LogP contribution in [0.15, 0.2) is 71.8 Å². The van der Waals surface area contributed by atoms with E-state index >= 15 is 0 Å². The summed E-state index contributed by atoms with van der Waals surface area (Å²) in [5.74, 6) is 0.235. The molecule has 0 unspecified atom stereocenters. The largest absolute Gasteiger partial charge is 0.870 e. The van der Waals surface area contributed by atoms with Gasteiger partial charge in [0.15, 0.2) is 0 Å². The lowest BCUT2D eigenvalue weighted by molar-refractivity contribution is -0.929. The molecule has 0 spiro atoms. The zero-order valence-electron chi connectivity index (χ0n) is 17.0. The van der Waals surface area contributed by atoms with Gasteiger partial charge in [0.05, 0.1) is 39.5 Å². The lowest BCUT2D eigenvalue weighted by Gasteiger charge is -2.34. The van der Waals surface area contributed by atoms with E-state index in [0.717, 1.165) is 26.2 Å². The Labute approximate surface area is 176 Å². The SMILES string of the molecule is COc1cccc(C=NN2CC[NH+](C3c4ccccc4-c4ccccc43)CC2)c1[O-]. The van der Waals surface area contributed by atoms with Crippen molar-refractivity contribution < 1.29 is 14.7 Å². The van der Waals surface area contributed by atoms with Crippen LogP contribution in [0.1, 0.15) is 22.7 Å². The van der Waals surface area contributed by atoms with Crippen molar-refractivity contribution >= 4 is 6.21 Å². The molecule has 0 aromatic heterocycles. The van der Waals surface area contributed by atoms with Gasteiger partial charge in [-0.15, -0.1) is 0 Å². The van der Waals surface area contributed by atoms with Gasteiger partial charge in [-0.3, -0.25) is 5.01 Å². The van der Waals surface area contributed by atoms with Crippen LogP contribution >= 0.6 is 0 Å². The molecule has 0 atom stereocenters. The van der Waals surface area contributed by atoms with Crippen molar-refractivity contribution in [2.75, 3.05) is 33.3 Å². The third kappa shape index (κ3) is 3.21. The predicted molar refractivity (Wildman–Crippen MR) is 116 cm³/mol. The van der Waals surface area contributed by atoms with Crippen LogP contribution in [0.25, 0.3) is 11.1 Å². The Bertz CT molecular complexity index is 1040. The van der Waals surface area contributed by atoms with E-state index in [1.165, 1.54) is 29.4 Å². The number of benzene rings is 3. The number of nitrogens with zero attached hydrogens (tertiary/aromatic N) is 2. The fraction of sp³-hybridized carbons (Fsp3) is 0.240. The molecule has 5 nitrogen and oxygen atoms in total. The summed E-state index contributed by atoms with van der Waals surface area (Å²) < 4.78 is 5.11. The molecule has 0 bridgehead atoms. The Balaban J connectivity index is 1.31. The molecular formula is C25H25N3O2. The van der Waals surface area contributed by atoms with Gasteiger partial charge in [-0.05, 0) is 22.8 Å². The second kappa shape index (κ2) is 7.84. The van der Waals surface area contributed by atoms with Gasteiger partial charge in [0.2, 0.25) is 0 Å². The highest BCUT2D eigenvalue weighted by molar-refractivity contribution is 5.84. The topological polar surface area (TPSA) is 52.3 Å². The highest BCUT2D eigenvalue weighted by atomic mass is 16.5. The summed E-state index contributed by atoms with van der Waals surface area (Å²) >= 11 is 0. The fourth-order valence-electron chi connectivity index (χ4n) is 4.72.